The van der Waals surface area contributed by atoms with Gasteiger partial charge in [-0.1, -0.05) is 72.8 Å². The van der Waals surface area contributed by atoms with Crippen LogP contribution in [0.4, 0.5) is 0 Å². The molecule has 0 radical (unpaired) electrons. The molecule has 1 saturated heterocycles. The topological polar surface area (TPSA) is 43.9 Å². The Morgan fingerprint density at radius 1 is 0.613 bits per heavy atom. The monoisotopic (exact) mass is 411 g/mol. The molecule has 2 aliphatic rings. The van der Waals surface area contributed by atoms with E-state index in [4.69, 9.17) is 0 Å². The summed E-state index contributed by atoms with van der Waals surface area (Å²) in [6.45, 7) is 3.71. The first-order valence-electron chi connectivity index (χ1n) is 10.7. The lowest BCUT2D eigenvalue weighted by Gasteiger charge is -2.40. The van der Waals surface area contributed by atoms with Crippen molar-refractivity contribution in [3.8, 4) is 0 Å². The fourth-order valence-electron chi connectivity index (χ4n) is 4.62. The van der Waals surface area contributed by atoms with Crippen LogP contribution in [0.15, 0.2) is 84.9 Å². The van der Waals surface area contributed by atoms with Gasteiger partial charge in [-0.05, 0) is 23.3 Å². The quantitative estimate of drug-likeness (QED) is 0.601. The Hall–Kier alpha value is -3.28. The molecule has 0 aromatic heterocycles. The maximum absolute atomic E-state index is 12.7. The van der Waals surface area contributed by atoms with E-state index in [2.05, 4.69) is 58.3 Å². The first-order chi connectivity index (χ1) is 15.2. The van der Waals surface area contributed by atoms with E-state index in [0.717, 1.165) is 26.2 Å². The number of hydrogen-bond donors (Lipinski definition) is 0. The molecule has 2 heterocycles. The summed E-state index contributed by atoms with van der Waals surface area (Å²) in [7, 11) is 0. The molecule has 0 N–H and O–H groups in total. The van der Waals surface area contributed by atoms with E-state index < -0.39 is 0 Å². The smallest absolute Gasteiger partial charge is 0.262 e. The van der Waals surface area contributed by atoms with Crippen molar-refractivity contribution in [2.45, 2.75) is 6.04 Å². The summed E-state index contributed by atoms with van der Waals surface area (Å²) in [5.41, 5.74) is 3.59. The SMILES string of the molecule is O=C1c2ccccc2C(=O)N1CN1CCN(C(c2ccccc2)c2ccccc2)CC1. The maximum atomic E-state index is 12.7. The van der Waals surface area contributed by atoms with Crippen LogP contribution in [-0.2, 0) is 0 Å². The van der Waals surface area contributed by atoms with Crippen molar-refractivity contribution < 1.29 is 9.59 Å². The van der Waals surface area contributed by atoms with E-state index in [1.165, 1.54) is 16.0 Å². The lowest BCUT2D eigenvalue weighted by Crippen LogP contribution is -2.51. The van der Waals surface area contributed by atoms with Gasteiger partial charge in [-0.15, -0.1) is 0 Å². The third kappa shape index (κ3) is 3.78. The summed E-state index contributed by atoms with van der Waals surface area (Å²) >= 11 is 0. The second-order valence-electron chi connectivity index (χ2n) is 8.10. The molecule has 5 rings (SSSR count). The molecule has 0 spiro atoms. The number of imide groups is 1. The Bertz CT molecular complexity index is 1000. The van der Waals surface area contributed by atoms with Crippen LogP contribution in [0.5, 0.6) is 0 Å². The van der Waals surface area contributed by atoms with Crippen LogP contribution in [0.25, 0.3) is 0 Å². The molecule has 31 heavy (non-hydrogen) atoms. The Labute approximate surface area is 182 Å². The van der Waals surface area contributed by atoms with Gasteiger partial charge in [0.2, 0.25) is 0 Å². The largest absolute Gasteiger partial charge is 0.290 e. The molecule has 0 atom stereocenters. The summed E-state index contributed by atoms with van der Waals surface area (Å²) in [5.74, 6) is -0.371. The van der Waals surface area contributed by atoms with Crippen molar-refractivity contribution in [2.75, 3.05) is 32.8 Å². The van der Waals surface area contributed by atoms with Crippen molar-refractivity contribution >= 4 is 11.8 Å². The van der Waals surface area contributed by atoms with Crippen LogP contribution in [0.3, 0.4) is 0 Å². The predicted octanol–water partition coefficient (Wildman–Crippen LogP) is 3.65. The predicted molar refractivity (Wildman–Crippen MR) is 120 cm³/mol. The Morgan fingerprint density at radius 2 is 1.06 bits per heavy atom. The van der Waals surface area contributed by atoms with Gasteiger partial charge in [-0.3, -0.25) is 24.3 Å². The van der Waals surface area contributed by atoms with Crippen LogP contribution in [0.2, 0.25) is 0 Å². The van der Waals surface area contributed by atoms with Crippen molar-refractivity contribution in [1.29, 1.82) is 0 Å². The third-order valence-electron chi connectivity index (χ3n) is 6.22. The van der Waals surface area contributed by atoms with Gasteiger partial charge in [-0.2, -0.15) is 0 Å². The van der Waals surface area contributed by atoms with E-state index in [-0.39, 0.29) is 17.9 Å². The zero-order valence-corrected chi connectivity index (χ0v) is 17.4. The molecule has 2 aliphatic heterocycles. The highest BCUT2D eigenvalue weighted by molar-refractivity contribution is 6.21. The molecule has 2 amide bonds. The Morgan fingerprint density at radius 3 is 1.55 bits per heavy atom. The molecule has 156 valence electrons. The van der Waals surface area contributed by atoms with Gasteiger partial charge in [0.25, 0.3) is 11.8 Å². The number of carbonyl (C=O) groups excluding carboxylic acids is 2. The second kappa shape index (κ2) is 8.46. The van der Waals surface area contributed by atoms with Gasteiger partial charge in [-0.25, -0.2) is 0 Å². The van der Waals surface area contributed by atoms with Crippen molar-refractivity contribution in [1.82, 2.24) is 14.7 Å². The first kappa shape index (κ1) is 19.7. The normalized spacial score (nSPS) is 17.4. The van der Waals surface area contributed by atoms with Gasteiger partial charge in [0.05, 0.1) is 23.8 Å². The Balaban J connectivity index is 1.29. The molecule has 0 bridgehead atoms. The number of hydrogen-bond acceptors (Lipinski definition) is 4. The van der Waals surface area contributed by atoms with Crippen molar-refractivity contribution in [3.05, 3.63) is 107 Å². The highest BCUT2D eigenvalue weighted by Gasteiger charge is 2.37. The Kier molecular flexibility index (Phi) is 5.37. The highest BCUT2D eigenvalue weighted by atomic mass is 16.2. The van der Waals surface area contributed by atoms with E-state index in [0.29, 0.717) is 17.8 Å². The number of nitrogens with zero attached hydrogens (tertiary/aromatic N) is 3. The van der Waals surface area contributed by atoms with Gasteiger partial charge in [0.1, 0.15) is 0 Å². The number of rotatable bonds is 5. The van der Waals surface area contributed by atoms with Crippen LogP contribution in [-0.4, -0.2) is 59.4 Å². The molecule has 1 fully saturated rings. The molecular weight excluding hydrogens is 386 g/mol. The molecule has 5 nitrogen and oxygen atoms in total. The van der Waals surface area contributed by atoms with Crippen molar-refractivity contribution in [2.24, 2.45) is 0 Å². The molecule has 3 aromatic rings. The van der Waals surface area contributed by atoms with Gasteiger partial charge >= 0.3 is 0 Å². The van der Waals surface area contributed by atoms with Gasteiger partial charge < -0.3 is 0 Å². The summed E-state index contributed by atoms with van der Waals surface area (Å²) in [5, 5.41) is 0. The lowest BCUT2D eigenvalue weighted by atomic mass is 9.96. The standard InChI is InChI=1S/C26H25N3O2/c30-25-22-13-7-8-14-23(22)26(31)29(25)19-27-15-17-28(18-16-27)24(20-9-3-1-4-10-20)21-11-5-2-6-12-21/h1-14,24H,15-19H2. The minimum Gasteiger partial charge on any atom is -0.290 e. The molecule has 0 unspecified atom stereocenters. The van der Waals surface area contributed by atoms with Crippen LogP contribution in [0.1, 0.15) is 37.9 Å². The summed E-state index contributed by atoms with van der Waals surface area (Å²) < 4.78 is 0. The molecule has 0 aliphatic carbocycles. The fraction of sp³-hybridized carbons (Fsp3) is 0.231. The summed E-state index contributed by atoms with van der Waals surface area (Å²) in [6, 6.07) is 28.5. The zero-order valence-electron chi connectivity index (χ0n) is 17.4. The summed E-state index contributed by atoms with van der Waals surface area (Å²) in [4.78, 5) is 31.5. The van der Waals surface area contributed by atoms with Crippen LogP contribution in [0, 0.1) is 0 Å². The molecule has 0 saturated carbocycles. The first-order valence-corrected chi connectivity index (χ1v) is 10.7. The van der Waals surface area contributed by atoms with E-state index in [9.17, 15) is 9.59 Å². The van der Waals surface area contributed by atoms with Gasteiger partial charge in [0.15, 0.2) is 0 Å². The third-order valence-corrected chi connectivity index (χ3v) is 6.22. The zero-order chi connectivity index (χ0) is 21.2. The minimum absolute atomic E-state index is 0.186. The minimum atomic E-state index is -0.186. The van der Waals surface area contributed by atoms with E-state index in [1.807, 2.05) is 12.1 Å². The molecule has 3 aromatic carbocycles. The van der Waals surface area contributed by atoms with Crippen LogP contribution < -0.4 is 0 Å². The maximum Gasteiger partial charge on any atom is 0.262 e. The average molecular weight is 412 g/mol. The molecule has 5 heteroatoms. The number of benzene rings is 3. The number of fused-ring (bicyclic) bond motifs is 1. The number of carbonyl (C=O) groups is 2. The van der Waals surface area contributed by atoms with E-state index in [1.54, 1.807) is 24.3 Å². The fourth-order valence-corrected chi connectivity index (χ4v) is 4.62. The summed E-state index contributed by atoms with van der Waals surface area (Å²) in [6.07, 6.45) is 0. The number of piperazine rings is 1. The van der Waals surface area contributed by atoms with Crippen molar-refractivity contribution in [3.63, 3.8) is 0 Å². The lowest BCUT2D eigenvalue weighted by molar-refractivity contribution is 0.0422. The average Bonchev–Trinajstić information content (AvgIpc) is 3.07. The second-order valence-corrected chi connectivity index (χ2v) is 8.10. The van der Waals surface area contributed by atoms with E-state index >= 15 is 0 Å². The number of amides is 2. The molecular formula is C26H25N3O2. The highest BCUT2D eigenvalue weighted by Crippen LogP contribution is 2.30. The van der Waals surface area contributed by atoms with Gasteiger partial charge in [0, 0.05) is 26.2 Å². The van der Waals surface area contributed by atoms with Crippen LogP contribution >= 0.6 is 0 Å².